The molecular weight excluding hydrogens is 374 g/mol. The molecule has 2 aromatic rings. The highest BCUT2D eigenvalue weighted by Gasteiger charge is 2.25. The Hall–Kier alpha value is -1.65. The van der Waals surface area contributed by atoms with Crippen molar-refractivity contribution in [3.05, 3.63) is 42.5 Å². The monoisotopic (exact) mass is 397 g/mol. The minimum atomic E-state index is -4.00. The van der Waals surface area contributed by atoms with Crippen LogP contribution in [0.1, 0.15) is 13.3 Å². The van der Waals surface area contributed by atoms with Gasteiger partial charge in [-0.3, -0.25) is 10.2 Å². The molecule has 0 aromatic heterocycles. The van der Waals surface area contributed by atoms with Gasteiger partial charge in [-0.15, -0.1) is 4.83 Å². The fourth-order valence-electron chi connectivity index (χ4n) is 2.39. The highest BCUT2D eigenvalue weighted by Crippen LogP contribution is 2.22. The van der Waals surface area contributed by atoms with Crippen molar-refractivity contribution in [2.24, 2.45) is 5.73 Å². The number of aliphatic hydroxyl groups is 1. The van der Waals surface area contributed by atoms with Crippen molar-refractivity contribution in [3.8, 4) is 0 Å². The summed E-state index contributed by atoms with van der Waals surface area (Å²) in [5.41, 5.74) is 7.83. The topological polar surface area (TPSA) is 122 Å². The van der Waals surface area contributed by atoms with Crippen LogP contribution in [0.5, 0.6) is 0 Å². The number of carbonyl (C=O) groups is 1. The van der Waals surface area contributed by atoms with Crippen molar-refractivity contribution < 1.29 is 18.3 Å². The number of hydrazine groups is 1. The summed E-state index contributed by atoms with van der Waals surface area (Å²) < 4.78 is 25.0. The van der Waals surface area contributed by atoms with Crippen LogP contribution in [0, 0.1) is 0 Å². The molecule has 2 aromatic carbocycles. The smallest absolute Gasteiger partial charge is 0.265 e. The van der Waals surface area contributed by atoms with Gasteiger partial charge in [0.2, 0.25) is 0 Å². The predicted octanol–water partition coefficient (Wildman–Crippen LogP) is 0.981. The van der Waals surface area contributed by atoms with E-state index >= 15 is 0 Å². The Balaban J connectivity index is 2.04. The van der Waals surface area contributed by atoms with E-state index in [0.29, 0.717) is 17.6 Å². The number of fused-ring (bicyclic) bond motifs is 1. The van der Waals surface area contributed by atoms with Crippen LogP contribution in [0.2, 0.25) is 0 Å². The molecule has 1 amide bonds. The van der Waals surface area contributed by atoms with E-state index in [1.807, 2.05) is 23.2 Å². The van der Waals surface area contributed by atoms with Crippen molar-refractivity contribution in [1.29, 1.82) is 0 Å². The van der Waals surface area contributed by atoms with Crippen molar-refractivity contribution in [2.45, 2.75) is 30.4 Å². The number of rotatable bonds is 9. The zero-order chi connectivity index (χ0) is 19.2. The molecule has 0 aliphatic rings. The fourth-order valence-corrected chi connectivity index (χ4v) is 4.20. The molecule has 1 unspecified atom stereocenters. The van der Waals surface area contributed by atoms with Gasteiger partial charge in [0, 0.05) is 11.4 Å². The molecule has 0 radical (unpaired) electrons. The van der Waals surface area contributed by atoms with Crippen LogP contribution in [-0.4, -0.2) is 43.1 Å². The average Bonchev–Trinajstić information content (AvgIpc) is 2.65. The van der Waals surface area contributed by atoms with Gasteiger partial charge in [0.1, 0.15) is 6.10 Å². The summed E-state index contributed by atoms with van der Waals surface area (Å²) >= 11 is 1.65. The van der Waals surface area contributed by atoms with Crippen LogP contribution >= 0.6 is 11.8 Å². The standard InChI is InChI=1S/C17H23N3O4S2/c1-2-25-11-10-14(18)16(21)17(22)19-20-26(23,24)15-9-5-7-12-6-3-4-8-13(12)15/h3-9,14,16,20-21H,2,10-11,18H2,1H3,(H,19,22)/t14-,16?/m1/s1. The molecule has 0 saturated heterocycles. The lowest BCUT2D eigenvalue weighted by atomic mass is 10.1. The first kappa shape index (κ1) is 20.7. The van der Waals surface area contributed by atoms with E-state index in [1.165, 1.54) is 6.07 Å². The van der Waals surface area contributed by atoms with E-state index in [-0.39, 0.29) is 4.90 Å². The third kappa shape index (κ3) is 5.18. The Morgan fingerprint density at radius 1 is 1.23 bits per heavy atom. The summed E-state index contributed by atoms with van der Waals surface area (Å²) in [5, 5.41) is 11.2. The summed E-state index contributed by atoms with van der Waals surface area (Å²) in [6.45, 7) is 2.00. The van der Waals surface area contributed by atoms with E-state index in [0.717, 1.165) is 11.1 Å². The van der Waals surface area contributed by atoms with E-state index in [2.05, 4.69) is 0 Å². The number of sulfonamides is 1. The van der Waals surface area contributed by atoms with E-state index < -0.39 is 28.1 Å². The maximum atomic E-state index is 12.5. The zero-order valence-electron chi connectivity index (χ0n) is 14.4. The van der Waals surface area contributed by atoms with Gasteiger partial charge in [0.15, 0.2) is 0 Å². The first-order valence-electron chi connectivity index (χ1n) is 8.17. The first-order chi connectivity index (χ1) is 12.4. The molecule has 26 heavy (non-hydrogen) atoms. The van der Waals surface area contributed by atoms with Gasteiger partial charge in [0.05, 0.1) is 4.90 Å². The summed E-state index contributed by atoms with van der Waals surface area (Å²) in [4.78, 5) is 14.0. The molecule has 142 valence electrons. The van der Waals surface area contributed by atoms with Crippen LogP contribution in [0.4, 0.5) is 0 Å². The number of hydrogen-bond acceptors (Lipinski definition) is 6. The third-order valence-electron chi connectivity index (χ3n) is 3.82. The number of amides is 1. The van der Waals surface area contributed by atoms with Crippen LogP contribution in [0.3, 0.4) is 0 Å². The summed E-state index contributed by atoms with van der Waals surface area (Å²) in [6, 6.07) is 11.1. The molecule has 0 spiro atoms. The molecule has 0 aliphatic carbocycles. The van der Waals surface area contributed by atoms with Gasteiger partial charge in [0.25, 0.3) is 15.9 Å². The fraction of sp³-hybridized carbons (Fsp3) is 0.353. The van der Waals surface area contributed by atoms with Gasteiger partial charge < -0.3 is 10.8 Å². The maximum Gasteiger partial charge on any atom is 0.265 e. The Morgan fingerprint density at radius 3 is 2.65 bits per heavy atom. The number of aliphatic hydroxyl groups excluding tert-OH is 1. The second kappa shape index (κ2) is 9.33. The van der Waals surface area contributed by atoms with E-state index in [1.54, 1.807) is 42.1 Å². The number of nitrogens with one attached hydrogen (secondary N) is 2. The van der Waals surface area contributed by atoms with E-state index in [4.69, 9.17) is 5.73 Å². The minimum absolute atomic E-state index is 0.0361. The molecular formula is C17H23N3O4S2. The third-order valence-corrected chi connectivity index (χ3v) is 6.06. The van der Waals surface area contributed by atoms with Crippen molar-refractivity contribution in [3.63, 3.8) is 0 Å². The molecule has 5 N–H and O–H groups in total. The van der Waals surface area contributed by atoms with E-state index in [9.17, 15) is 18.3 Å². The predicted molar refractivity (Wildman–Crippen MR) is 104 cm³/mol. The number of carbonyl (C=O) groups excluding carboxylic acids is 1. The molecule has 2 rings (SSSR count). The number of nitrogens with two attached hydrogens (primary N) is 1. The largest absolute Gasteiger partial charge is 0.382 e. The van der Waals surface area contributed by atoms with Gasteiger partial charge in [-0.05, 0) is 29.4 Å². The molecule has 2 atom stereocenters. The normalized spacial score (nSPS) is 14.1. The van der Waals surface area contributed by atoms with Crippen LogP contribution in [0.25, 0.3) is 10.8 Å². The summed E-state index contributed by atoms with van der Waals surface area (Å²) in [6.07, 6.45) is -1.05. The summed E-state index contributed by atoms with van der Waals surface area (Å²) in [7, 11) is -4.00. The van der Waals surface area contributed by atoms with Gasteiger partial charge in [-0.25, -0.2) is 8.42 Å². The first-order valence-corrected chi connectivity index (χ1v) is 10.8. The average molecular weight is 398 g/mol. The van der Waals surface area contributed by atoms with Gasteiger partial charge >= 0.3 is 0 Å². The molecule has 0 fully saturated rings. The lowest BCUT2D eigenvalue weighted by Gasteiger charge is -2.18. The molecule has 0 saturated carbocycles. The lowest BCUT2D eigenvalue weighted by molar-refractivity contribution is -0.130. The highest BCUT2D eigenvalue weighted by molar-refractivity contribution is 7.99. The number of thioether (sulfide) groups is 1. The van der Waals surface area contributed by atoms with Crippen LogP contribution < -0.4 is 16.0 Å². The SMILES string of the molecule is CCSCC[C@@H](N)C(O)C(=O)NNS(=O)(=O)c1cccc2ccccc12. The maximum absolute atomic E-state index is 12.5. The second-order valence-electron chi connectivity index (χ2n) is 5.67. The van der Waals surface area contributed by atoms with Gasteiger partial charge in [-0.1, -0.05) is 43.3 Å². The summed E-state index contributed by atoms with van der Waals surface area (Å²) in [5.74, 6) is 0.742. The molecule has 7 nitrogen and oxygen atoms in total. The highest BCUT2D eigenvalue weighted by atomic mass is 32.2. The Kier molecular flexibility index (Phi) is 7.42. The molecule has 9 heteroatoms. The van der Waals surface area contributed by atoms with Gasteiger partial charge in [-0.2, -0.15) is 11.8 Å². The molecule has 0 aliphatic heterocycles. The van der Waals surface area contributed by atoms with Crippen molar-refractivity contribution in [2.75, 3.05) is 11.5 Å². The number of benzene rings is 2. The Morgan fingerprint density at radius 2 is 1.92 bits per heavy atom. The van der Waals surface area contributed by atoms with Crippen LogP contribution in [-0.2, 0) is 14.8 Å². The number of hydrogen-bond donors (Lipinski definition) is 4. The lowest BCUT2D eigenvalue weighted by Crippen LogP contribution is -2.52. The Labute approximate surface area is 157 Å². The molecule has 0 bridgehead atoms. The minimum Gasteiger partial charge on any atom is -0.382 e. The quantitative estimate of drug-likeness (QED) is 0.370. The van der Waals surface area contributed by atoms with Crippen molar-refractivity contribution >= 4 is 38.5 Å². The second-order valence-corrected chi connectivity index (χ2v) is 8.71. The van der Waals surface area contributed by atoms with Crippen molar-refractivity contribution in [1.82, 2.24) is 10.3 Å². The Bertz CT molecular complexity index is 853. The van der Waals surface area contributed by atoms with Crippen LogP contribution in [0.15, 0.2) is 47.4 Å². The molecule has 0 heterocycles. The zero-order valence-corrected chi connectivity index (χ0v) is 16.0.